The summed E-state index contributed by atoms with van der Waals surface area (Å²) in [5.74, 6) is 0. The van der Waals surface area contributed by atoms with Gasteiger partial charge in [-0.15, -0.1) is 11.3 Å². The zero-order valence-corrected chi connectivity index (χ0v) is 11.6. The van der Waals surface area contributed by atoms with Crippen LogP contribution in [0.1, 0.15) is 16.3 Å². The average molecular weight is 273 g/mol. The molecule has 0 saturated carbocycles. The second kappa shape index (κ2) is 4.55. The summed E-state index contributed by atoms with van der Waals surface area (Å²) in [4.78, 5) is 4.48. The highest BCUT2D eigenvalue weighted by molar-refractivity contribution is 7.18. The Labute approximate surface area is 114 Å². The van der Waals surface area contributed by atoms with Crippen molar-refractivity contribution in [2.45, 2.75) is 20.4 Å². The van der Waals surface area contributed by atoms with E-state index in [1.54, 1.807) is 11.3 Å². The number of nitrogens with two attached hydrogens (primary N) is 1. The molecule has 98 valence electrons. The van der Waals surface area contributed by atoms with Crippen molar-refractivity contribution in [1.29, 1.82) is 0 Å². The lowest BCUT2D eigenvalue weighted by molar-refractivity contribution is 1.04. The molecule has 0 unspecified atom stereocenters. The molecule has 0 aliphatic rings. The van der Waals surface area contributed by atoms with Gasteiger partial charge in [0.1, 0.15) is 0 Å². The number of rotatable bonds is 3. The molecule has 0 radical (unpaired) electrons. The van der Waals surface area contributed by atoms with Crippen LogP contribution >= 0.6 is 11.3 Å². The average Bonchev–Trinajstić information content (AvgIpc) is 2.91. The number of H-pyrrole nitrogens is 1. The smallest absolute Gasteiger partial charge is 0.0907 e. The van der Waals surface area contributed by atoms with Crippen LogP contribution in [0.25, 0.3) is 10.2 Å². The Kier molecular flexibility index (Phi) is 2.87. The number of hydrogen-bond acceptors (Lipinski definition) is 5. The van der Waals surface area contributed by atoms with E-state index in [0.717, 1.165) is 37.9 Å². The third kappa shape index (κ3) is 2.26. The molecular formula is C13H15N5S. The molecule has 0 amide bonds. The van der Waals surface area contributed by atoms with Gasteiger partial charge in [0.15, 0.2) is 0 Å². The van der Waals surface area contributed by atoms with E-state index in [-0.39, 0.29) is 0 Å². The number of anilines is 2. The first-order chi connectivity index (χ1) is 9.13. The SMILES string of the molecule is Cc1nc2cc(NCc3cn[nH]c3C)c(N)cc2s1. The first-order valence-electron chi connectivity index (χ1n) is 6.03. The monoisotopic (exact) mass is 273 g/mol. The van der Waals surface area contributed by atoms with Crippen molar-refractivity contribution in [2.75, 3.05) is 11.1 Å². The Morgan fingerprint density at radius 3 is 2.95 bits per heavy atom. The van der Waals surface area contributed by atoms with Crippen molar-refractivity contribution in [2.24, 2.45) is 0 Å². The molecule has 0 saturated heterocycles. The molecule has 4 N–H and O–H groups in total. The third-order valence-electron chi connectivity index (χ3n) is 3.07. The minimum atomic E-state index is 0.696. The largest absolute Gasteiger partial charge is 0.397 e. The number of aryl methyl sites for hydroxylation is 2. The maximum atomic E-state index is 6.07. The van der Waals surface area contributed by atoms with E-state index in [9.17, 15) is 0 Å². The van der Waals surface area contributed by atoms with E-state index < -0.39 is 0 Å². The number of benzene rings is 1. The van der Waals surface area contributed by atoms with Crippen molar-refractivity contribution in [3.8, 4) is 0 Å². The molecule has 2 heterocycles. The quantitative estimate of drug-likeness (QED) is 0.641. The van der Waals surface area contributed by atoms with E-state index in [4.69, 9.17) is 5.73 Å². The van der Waals surface area contributed by atoms with Crippen LogP contribution in [-0.4, -0.2) is 15.2 Å². The standard InChI is InChI=1S/C13H15N5S/c1-7-9(6-16-18-7)5-15-11-4-12-13(3-10(11)14)19-8(2)17-12/h3-4,6,15H,5,14H2,1-2H3,(H,16,18). The van der Waals surface area contributed by atoms with Gasteiger partial charge in [-0.1, -0.05) is 0 Å². The number of thiazole rings is 1. The minimum absolute atomic E-state index is 0.696. The van der Waals surface area contributed by atoms with Crippen LogP contribution in [-0.2, 0) is 6.54 Å². The lowest BCUT2D eigenvalue weighted by Crippen LogP contribution is -2.02. The number of aromatic amines is 1. The summed E-state index contributed by atoms with van der Waals surface area (Å²) in [6.07, 6.45) is 1.82. The zero-order chi connectivity index (χ0) is 13.4. The van der Waals surface area contributed by atoms with Crippen molar-refractivity contribution < 1.29 is 0 Å². The Morgan fingerprint density at radius 2 is 2.21 bits per heavy atom. The number of aromatic nitrogens is 3. The van der Waals surface area contributed by atoms with E-state index >= 15 is 0 Å². The molecule has 0 fully saturated rings. The van der Waals surface area contributed by atoms with Gasteiger partial charge in [-0.25, -0.2) is 4.98 Å². The second-order valence-corrected chi connectivity index (χ2v) is 5.75. The topological polar surface area (TPSA) is 79.6 Å². The predicted molar refractivity (Wildman–Crippen MR) is 79.4 cm³/mol. The number of nitrogens with zero attached hydrogens (tertiary/aromatic N) is 2. The Bertz CT molecular complexity index is 728. The molecular weight excluding hydrogens is 258 g/mol. The molecule has 0 atom stereocenters. The van der Waals surface area contributed by atoms with E-state index in [2.05, 4.69) is 20.5 Å². The molecule has 6 heteroatoms. The maximum absolute atomic E-state index is 6.07. The van der Waals surface area contributed by atoms with Crippen LogP contribution in [0.2, 0.25) is 0 Å². The summed E-state index contributed by atoms with van der Waals surface area (Å²) in [5.41, 5.74) is 10.9. The highest BCUT2D eigenvalue weighted by Gasteiger charge is 2.07. The summed E-state index contributed by atoms with van der Waals surface area (Å²) in [7, 11) is 0. The van der Waals surface area contributed by atoms with Crippen molar-refractivity contribution in [3.63, 3.8) is 0 Å². The molecule has 0 spiro atoms. The Balaban J connectivity index is 1.88. The van der Waals surface area contributed by atoms with Gasteiger partial charge in [0, 0.05) is 17.8 Å². The summed E-state index contributed by atoms with van der Waals surface area (Å²) in [5, 5.41) is 11.3. The fraction of sp³-hybridized carbons (Fsp3) is 0.231. The first-order valence-corrected chi connectivity index (χ1v) is 6.84. The second-order valence-electron chi connectivity index (χ2n) is 4.51. The number of hydrogen-bond donors (Lipinski definition) is 3. The molecule has 19 heavy (non-hydrogen) atoms. The van der Waals surface area contributed by atoms with Crippen LogP contribution < -0.4 is 11.1 Å². The molecule has 0 bridgehead atoms. The van der Waals surface area contributed by atoms with Crippen LogP contribution in [0, 0.1) is 13.8 Å². The number of nitrogen functional groups attached to an aromatic ring is 1. The minimum Gasteiger partial charge on any atom is -0.397 e. The fourth-order valence-corrected chi connectivity index (χ4v) is 2.86. The summed E-state index contributed by atoms with van der Waals surface area (Å²) in [6.45, 7) is 4.70. The van der Waals surface area contributed by atoms with E-state index in [1.165, 1.54) is 0 Å². The Hall–Kier alpha value is -2.08. The van der Waals surface area contributed by atoms with Gasteiger partial charge < -0.3 is 11.1 Å². The van der Waals surface area contributed by atoms with Gasteiger partial charge in [0.25, 0.3) is 0 Å². The van der Waals surface area contributed by atoms with E-state index in [0.29, 0.717) is 6.54 Å². The normalized spacial score (nSPS) is 11.1. The molecule has 0 aliphatic carbocycles. The fourth-order valence-electron chi connectivity index (χ4n) is 2.00. The van der Waals surface area contributed by atoms with Crippen molar-refractivity contribution in [3.05, 3.63) is 34.6 Å². The van der Waals surface area contributed by atoms with Crippen LogP contribution in [0.4, 0.5) is 11.4 Å². The van der Waals surface area contributed by atoms with Gasteiger partial charge in [-0.3, -0.25) is 5.10 Å². The lowest BCUT2D eigenvalue weighted by Gasteiger charge is -2.08. The van der Waals surface area contributed by atoms with Gasteiger partial charge in [-0.05, 0) is 26.0 Å². The highest BCUT2D eigenvalue weighted by Crippen LogP contribution is 2.30. The predicted octanol–water partition coefficient (Wildman–Crippen LogP) is 2.83. The van der Waals surface area contributed by atoms with Crippen molar-refractivity contribution >= 4 is 32.9 Å². The molecule has 0 aliphatic heterocycles. The maximum Gasteiger partial charge on any atom is 0.0907 e. The van der Waals surface area contributed by atoms with Gasteiger partial charge in [0.2, 0.25) is 0 Å². The lowest BCUT2D eigenvalue weighted by atomic mass is 10.2. The summed E-state index contributed by atoms with van der Waals surface area (Å²) < 4.78 is 1.13. The van der Waals surface area contributed by atoms with Gasteiger partial charge in [-0.2, -0.15) is 5.10 Å². The van der Waals surface area contributed by atoms with Gasteiger partial charge >= 0.3 is 0 Å². The third-order valence-corrected chi connectivity index (χ3v) is 4.00. The molecule has 5 nitrogen and oxygen atoms in total. The summed E-state index contributed by atoms with van der Waals surface area (Å²) in [6, 6.07) is 3.98. The molecule has 2 aromatic heterocycles. The van der Waals surface area contributed by atoms with E-state index in [1.807, 2.05) is 32.2 Å². The molecule has 1 aromatic carbocycles. The zero-order valence-electron chi connectivity index (χ0n) is 10.8. The van der Waals surface area contributed by atoms with Crippen LogP contribution in [0.5, 0.6) is 0 Å². The molecule has 3 rings (SSSR count). The highest BCUT2D eigenvalue weighted by atomic mass is 32.1. The van der Waals surface area contributed by atoms with Crippen LogP contribution in [0.3, 0.4) is 0 Å². The summed E-state index contributed by atoms with van der Waals surface area (Å²) >= 11 is 1.66. The van der Waals surface area contributed by atoms with Gasteiger partial charge in [0.05, 0.1) is 32.8 Å². The van der Waals surface area contributed by atoms with Crippen molar-refractivity contribution in [1.82, 2.24) is 15.2 Å². The Morgan fingerprint density at radius 1 is 1.37 bits per heavy atom. The number of fused-ring (bicyclic) bond motifs is 1. The van der Waals surface area contributed by atoms with Crippen LogP contribution in [0.15, 0.2) is 18.3 Å². The number of nitrogens with one attached hydrogen (secondary N) is 2. The molecule has 3 aromatic rings. The first kappa shape index (κ1) is 12.0.